The van der Waals surface area contributed by atoms with E-state index in [4.69, 9.17) is 21.6 Å². The van der Waals surface area contributed by atoms with E-state index in [0.717, 1.165) is 72.6 Å². The highest BCUT2D eigenvalue weighted by molar-refractivity contribution is 6.30. The minimum Gasteiger partial charge on any atom is -0.392 e. The van der Waals surface area contributed by atoms with Crippen molar-refractivity contribution in [2.24, 2.45) is 5.92 Å². The lowest BCUT2D eigenvalue weighted by molar-refractivity contribution is 0.0738. The van der Waals surface area contributed by atoms with Crippen LogP contribution >= 0.6 is 11.6 Å². The SMILES string of the molecule is Cc1nc(-c2ccccc2)nc(N2CCN(C[C@@H](O)C(C)C)CC2)c1Cc1ccc(Cl)cc1. The average molecular weight is 465 g/mol. The lowest BCUT2D eigenvalue weighted by Gasteiger charge is -2.37. The monoisotopic (exact) mass is 464 g/mol. The summed E-state index contributed by atoms with van der Waals surface area (Å²) in [6.45, 7) is 10.5. The van der Waals surface area contributed by atoms with Gasteiger partial charge in [-0.3, -0.25) is 4.90 Å². The van der Waals surface area contributed by atoms with Crippen molar-refractivity contribution in [3.8, 4) is 11.4 Å². The lowest BCUT2D eigenvalue weighted by Crippen LogP contribution is -2.49. The van der Waals surface area contributed by atoms with Gasteiger partial charge in [0.1, 0.15) is 5.82 Å². The summed E-state index contributed by atoms with van der Waals surface area (Å²) in [5.74, 6) is 2.05. The van der Waals surface area contributed by atoms with Crippen LogP contribution in [0, 0.1) is 12.8 Å². The Hall–Kier alpha value is -2.47. The maximum Gasteiger partial charge on any atom is 0.161 e. The molecule has 1 saturated heterocycles. The molecule has 0 bridgehead atoms. The molecule has 3 aromatic rings. The Kier molecular flexibility index (Phi) is 7.63. The van der Waals surface area contributed by atoms with E-state index in [1.54, 1.807) is 0 Å². The smallest absolute Gasteiger partial charge is 0.161 e. The molecular weight excluding hydrogens is 432 g/mol. The first-order chi connectivity index (χ1) is 15.9. The van der Waals surface area contributed by atoms with Crippen LogP contribution in [0.1, 0.15) is 30.7 Å². The Labute approximate surface area is 202 Å². The van der Waals surface area contributed by atoms with Crippen LogP contribution in [0.3, 0.4) is 0 Å². The quantitative estimate of drug-likeness (QED) is 0.542. The summed E-state index contributed by atoms with van der Waals surface area (Å²) in [4.78, 5) is 14.7. The molecule has 0 aliphatic carbocycles. The van der Waals surface area contributed by atoms with E-state index < -0.39 is 0 Å². The number of aliphatic hydroxyl groups excluding tert-OH is 1. The van der Waals surface area contributed by atoms with E-state index in [9.17, 15) is 5.11 Å². The first-order valence-corrected chi connectivity index (χ1v) is 12.1. The zero-order chi connectivity index (χ0) is 23.4. The van der Waals surface area contributed by atoms with Crippen molar-refractivity contribution >= 4 is 17.4 Å². The molecule has 6 heteroatoms. The van der Waals surface area contributed by atoms with Crippen LogP contribution in [0.15, 0.2) is 54.6 Å². The van der Waals surface area contributed by atoms with E-state index in [0.29, 0.717) is 0 Å². The van der Waals surface area contributed by atoms with Crippen LogP contribution < -0.4 is 4.90 Å². The van der Waals surface area contributed by atoms with E-state index in [-0.39, 0.29) is 12.0 Å². The highest BCUT2D eigenvalue weighted by Crippen LogP contribution is 2.28. The number of rotatable bonds is 7. The van der Waals surface area contributed by atoms with Gasteiger partial charge in [-0.1, -0.05) is 67.9 Å². The van der Waals surface area contributed by atoms with Gasteiger partial charge in [-0.25, -0.2) is 9.97 Å². The Bertz CT molecular complexity index is 1050. The predicted octanol–water partition coefficient (Wildman–Crippen LogP) is 4.84. The molecule has 1 aromatic heterocycles. The molecule has 5 nitrogen and oxygen atoms in total. The fourth-order valence-corrected chi connectivity index (χ4v) is 4.32. The molecule has 1 fully saturated rings. The summed E-state index contributed by atoms with van der Waals surface area (Å²) < 4.78 is 0. The standard InChI is InChI=1S/C27H33ClN4O/c1-19(2)25(33)18-31-13-15-32(16-14-31)27-24(17-21-9-11-23(28)12-10-21)20(3)29-26(30-27)22-7-5-4-6-8-22/h4-12,19,25,33H,13-18H2,1-3H3/t25-/m1/s1. The minimum atomic E-state index is -0.289. The van der Waals surface area contributed by atoms with Crippen LogP contribution in [-0.4, -0.2) is 58.8 Å². The molecule has 33 heavy (non-hydrogen) atoms. The third-order valence-electron chi connectivity index (χ3n) is 6.40. The maximum atomic E-state index is 10.3. The van der Waals surface area contributed by atoms with Gasteiger partial charge in [0.05, 0.1) is 6.10 Å². The topological polar surface area (TPSA) is 52.5 Å². The Morgan fingerprint density at radius 2 is 1.61 bits per heavy atom. The Morgan fingerprint density at radius 1 is 0.939 bits per heavy atom. The summed E-state index contributed by atoms with van der Waals surface area (Å²) in [5.41, 5.74) is 4.39. The first-order valence-electron chi connectivity index (χ1n) is 11.7. The van der Waals surface area contributed by atoms with Gasteiger partial charge < -0.3 is 10.0 Å². The zero-order valence-corrected chi connectivity index (χ0v) is 20.5. The number of aliphatic hydroxyl groups is 1. The first kappa shape index (κ1) is 23.7. The third-order valence-corrected chi connectivity index (χ3v) is 6.66. The lowest BCUT2D eigenvalue weighted by atomic mass is 10.0. The van der Waals surface area contributed by atoms with Crippen molar-refractivity contribution in [1.82, 2.24) is 14.9 Å². The van der Waals surface area contributed by atoms with Crippen LogP contribution in [0.2, 0.25) is 5.02 Å². The third kappa shape index (κ3) is 5.91. The van der Waals surface area contributed by atoms with Crippen LogP contribution in [0.5, 0.6) is 0 Å². The summed E-state index contributed by atoms with van der Waals surface area (Å²) in [5, 5.41) is 11.0. The molecule has 0 amide bonds. The molecule has 1 aliphatic rings. The largest absolute Gasteiger partial charge is 0.392 e. The summed E-state index contributed by atoms with van der Waals surface area (Å²) in [6, 6.07) is 18.2. The van der Waals surface area contributed by atoms with Crippen LogP contribution in [0.4, 0.5) is 5.82 Å². The van der Waals surface area contributed by atoms with Crippen molar-refractivity contribution in [1.29, 1.82) is 0 Å². The second kappa shape index (κ2) is 10.6. The Morgan fingerprint density at radius 3 is 2.24 bits per heavy atom. The number of hydrogen-bond acceptors (Lipinski definition) is 5. The van der Waals surface area contributed by atoms with Gasteiger partial charge in [-0.2, -0.15) is 0 Å². The van der Waals surface area contributed by atoms with E-state index in [2.05, 4.69) is 54.8 Å². The van der Waals surface area contributed by atoms with Gasteiger partial charge in [-0.05, 0) is 30.5 Å². The minimum absolute atomic E-state index is 0.270. The van der Waals surface area contributed by atoms with Crippen molar-refractivity contribution < 1.29 is 5.11 Å². The van der Waals surface area contributed by atoms with Crippen molar-refractivity contribution in [2.45, 2.75) is 33.3 Å². The fourth-order valence-electron chi connectivity index (χ4n) is 4.19. The predicted molar refractivity (Wildman–Crippen MR) is 136 cm³/mol. The molecule has 4 rings (SSSR count). The highest BCUT2D eigenvalue weighted by atomic mass is 35.5. The number of piperazine rings is 1. The van der Waals surface area contributed by atoms with Gasteiger partial charge >= 0.3 is 0 Å². The van der Waals surface area contributed by atoms with Crippen LogP contribution in [-0.2, 0) is 6.42 Å². The van der Waals surface area contributed by atoms with E-state index in [1.165, 1.54) is 5.56 Å². The number of anilines is 1. The Balaban J connectivity index is 1.62. The normalized spacial score (nSPS) is 15.8. The maximum absolute atomic E-state index is 10.3. The molecule has 174 valence electrons. The van der Waals surface area contributed by atoms with E-state index in [1.807, 2.05) is 30.3 Å². The van der Waals surface area contributed by atoms with Crippen molar-refractivity contribution in [3.05, 3.63) is 76.4 Å². The van der Waals surface area contributed by atoms with Crippen LogP contribution in [0.25, 0.3) is 11.4 Å². The highest BCUT2D eigenvalue weighted by Gasteiger charge is 2.24. The molecule has 0 saturated carbocycles. The molecule has 2 heterocycles. The number of halogens is 1. The number of benzene rings is 2. The average Bonchev–Trinajstić information content (AvgIpc) is 2.82. The van der Waals surface area contributed by atoms with Crippen molar-refractivity contribution in [2.75, 3.05) is 37.6 Å². The van der Waals surface area contributed by atoms with E-state index >= 15 is 0 Å². The molecule has 2 aromatic carbocycles. The molecule has 0 radical (unpaired) electrons. The van der Waals surface area contributed by atoms with Gasteiger partial charge in [0.15, 0.2) is 5.82 Å². The molecule has 1 aliphatic heterocycles. The molecule has 0 unspecified atom stereocenters. The van der Waals surface area contributed by atoms with Gasteiger partial charge in [0.25, 0.3) is 0 Å². The number of hydrogen-bond donors (Lipinski definition) is 1. The summed E-state index contributed by atoms with van der Waals surface area (Å²) in [6.07, 6.45) is 0.475. The molecule has 1 N–H and O–H groups in total. The van der Waals surface area contributed by atoms with Gasteiger partial charge in [0.2, 0.25) is 0 Å². The number of nitrogens with zero attached hydrogens (tertiary/aromatic N) is 4. The zero-order valence-electron chi connectivity index (χ0n) is 19.7. The number of aromatic nitrogens is 2. The molecule has 0 spiro atoms. The molecular formula is C27H33ClN4O. The summed E-state index contributed by atoms with van der Waals surface area (Å²) in [7, 11) is 0. The summed E-state index contributed by atoms with van der Waals surface area (Å²) >= 11 is 6.10. The second-order valence-electron chi connectivity index (χ2n) is 9.20. The molecule has 1 atom stereocenters. The van der Waals surface area contributed by atoms with Gasteiger partial charge in [0, 0.05) is 61.0 Å². The second-order valence-corrected chi connectivity index (χ2v) is 9.64. The van der Waals surface area contributed by atoms with Gasteiger partial charge in [-0.15, -0.1) is 0 Å². The number of β-amino-alcohol motifs (C(OH)–C–C–N with tert-alkyl or cyclic N) is 1. The van der Waals surface area contributed by atoms with Crippen molar-refractivity contribution in [3.63, 3.8) is 0 Å². The number of aryl methyl sites for hydroxylation is 1. The fraction of sp³-hybridized carbons (Fsp3) is 0.407.